The van der Waals surface area contributed by atoms with E-state index in [0.717, 1.165) is 48.7 Å². The molecule has 0 spiro atoms. The summed E-state index contributed by atoms with van der Waals surface area (Å²) in [5, 5.41) is 5.92. The number of carbonyl (C=O) groups is 2. The van der Waals surface area contributed by atoms with Crippen LogP contribution in [0, 0.1) is 0 Å². The van der Waals surface area contributed by atoms with E-state index in [4.69, 9.17) is 9.47 Å². The predicted molar refractivity (Wildman–Crippen MR) is 117 cm³/mol. The van der Waals surface area contributed by atoms with Gasteiger partial charge in [-0.05, 0) is 25.7 Å². The number of hydrogen-bond acceptors (Lipinski definition) is 6. The van der Waals surface area contributed by atoms with Gasteiger partial charge in [0.25, 0.3) is 0 Å². The number of ether oxygens (including phenoxy) is 2. The van der Waals surface area contributed by atoms with Crippen LogP contribution in [-0.2, 0) is 9.47 Å². The van der Waals surface area contributed by atoms with E-state index in [9.17, 15) is 9.59 Å². The van der Waals surface area contributed by atoms with Crippen molar-refractivity contribution in [2.24, 2.45) is 0 Å². The Morgan fingerprint density at radius 1 is 0.643 bits per heavy atom. The van der Waals surface area contributed by atoms with Crippen LogP contribution < -0.4 is 10.6 Å². The first-order valence-electron chi connectivity index (χ1n) is 10.8. The maximum atomic E-state index is 11.7. The topological polar surface area (TPSA) is 76.7 Å². The Morgan fingerprint density at radius 3 is 1.43 bits per heavy atom. The SMILES string of the molecule is O=C(NC1CCCCC1)OCCSCCSCCOC(=O)NC1CCCCC1. The third-order valence-corrected chi connectivity index (χ3v) is 7.30. The van der Waals surface area contributed by atoms with Gasteiger partial charge in [-0.15, -0.1) is 0 Å². The summed E-state index contributed by atoms with van der Waals surface area (Å²) in [7, 11) is 0. The smallest absolute Gasteiger partial charge is 0.407 e. The third kappa shape index (κ3) is 11.3. The summed E-state index contributed by atoms with van der Waals surface area (Å²) >= 11 is 3.57. The molecular weight excluding hydrogens is 396 g/mol. The van der Waals surface area contributed by atoms with Crippen LogP contribution in [0.15, 0.2) is 0 Å². The van der Waals surface area contributed by atoms with Crippen molar-refractivity contribution in [3.05, 3.63) is 0 Å². The third-order valence-electron chi connectivity index (χ3n) is 5.15. The van der Waals surface area contributed by atoms with E-state index in [1.165, 1.54) is 38.5 Å². The Labute approximate surface area is 178 Å². The van der Waals surface area contributed by atoms with Crippen molar-refractivity contribution in [2.75, 3.05) is 36.2 Å². The van der Waals surface area contributed by atoms with Gasteiger partial charge in [0, 0.05) is 35.1 Å². The highest BCUT2D eigenvalue weighted by Crippen LogP contribution is 2.18. The molecule has 6 nitrogen and oxygen atoms in total. The van der Waals surface area contributed by atoms with Crippen molar-refractivity contribution in [2.45, 2.75) is 76.3 Å². The number of rotatable bonds is 11. The molecule has 0 aromatic rings. The highest BCUT2D eigenvalue weighted by molar-refractivity contribution is 8.02. The lowest BCUT2D eigenvalue weighted by atomic mass is 9.96. The van der Waals surface area contributed by atoms with E-state index in [-0.39, 0.29) is 12.2 Å². The predicted octanol–water partition coefficient (Wildman–Crippen LogP) is 4.57. The summed E-state index contributed by atoms with van der Waals surface area (Å²) in [6.07, 6.45) is 11.1. The highest BCUT2D eigenvalue weighted by atomic mass is 32.2. The molecule has 0 radical (unpaired) electrons. The minimum absolute atomic E-state index is 0.273. The maximum Gasteiger partial charge on any atom is 0.407 e. The molecule has 0 unspecified atom stereocenters. The van der Waals surface area contributed by atoms with Crippen molar-refractivity contribution in [1.29, 1.82) is 0 Å². The van der Waals surface area contributed by atoms with Gasteiger partial charge in [0.05, 0.1) is 0 Å². The monoisotopic (exact) mass is 432 g/mol. The van der Waals surface area contributed by atoms with E-state index in [1.54, 1.807) is 23.5 Å². The van der Waals surface area contributed by atoms with E-state index >= 15 is 0 Å². The standard InChI is InChI=1S/C20H36N2O4S2/c23-19(21-17-7-3-1-4-8-17)25-11-13-27-15-16-28-14-12-26-20(24)22-18-9-5-2-6-10-18/h17-18H,1-16H2,(H,21,23)(H,22,24). The molecule has 2 N–H and O–H groups in total. The second-order valence-electron chi connectivity index (χ2n) is 7.46. The lowest BCUT2D eigenvalue weighted by molar-refractivity contribution is 0.145. The maximum absolute atomic E-state index is 11.7. The molecule has 0 aliphatic heterocycles. The van der Waals surface area contributed by atoms with Crippen LogP contribution >= 0.6 is 23.5 Å². The Morgan fingerprint density at radius 2 is 1.04 bits per heavy atom. The zero-order valence-electron chi connectivity index (χ0n) is 16.9. The largest absolute Gasteiger partial charge is 0.449 e. The lowest BCUT2D eigenvalue weighted by Crippen LogP contribution is -2.36. The summed E-state index contributed by atoms with van der Waals surface area (Å²) in [4.78, 5) is 23.4. The zero-order valence-corrected chi connectivity index (χ0v) is 18.6. The fraction of sp³-hybridized carbons (Fsp3) is 0.900. The number of nitrogens with one attached hydrogen (secondary N) is 2. The van der Waals surface area contributed by atoms with Gasteiger partial charge < -0.3 is 20.1 Å². The van der Waals surface area contributed by atoms with E-state index in [0.29, 0.717) is 25.3 Å². The van der Waals surface area contributed by atoms with E-state index in [1.807, 2.05) is 0 Å². The Balaban J connectivity index is 1.32. The summed E-state index contributed by atoms with van der Waals surface area (Å²) in [5.74, 6) is 3.65. The molecule has 2 rings (SSSR count). The lowest BCUT2D eigenvalue weighted by Gasteiger charge is -2.22. The van der Waals surface area contributed by atoms with E-state index < -0.39 is 0 Å². The van der Waals surface area contributed by atoms with Crippen LogP contribution in [0.3, 0.4) is 0 Å². The number of hydrogen-bond donors (Lipinski definition) is 2. The van der Waals surface area contributed by atoms with Crippen LogP contribution in [0.25, 0.3) is 0 Å². The van der Waals surface area contributed by atoms with Crippen molar-refractivity contribution < 1.29 is 19.1 Å². The molecule has 162 valence electrons. The normalized spacial score (nSPS) is 18.4. The molecule has 8 heteroatoms. The van der Waals surface area contributed by atoms with Crippen LogP contribution in [0.2, 0.25) is 0 Å². The second-order valence-corrected chi connectivity index (χ2v) is 9.90. The van der Waals surface area contributed by atoms with Gasteiger partial charge in [-0.3, -0.25) is 0 Å². The molecular formula is C20H36N2O4S2. The molecule has 0 aromatic heterocycles. The fourth-order valence-electron chi connectivity index (χ4n) is 3.62. The molecule has 0 heterocycles. The zero-order chi connectivity index (χ0) is 19.9. The molecule has 2 amide bonds. The minimum atomic E-state index is -0.273. The molecule has 28 heavy (non-hydrogen) atoms. The average molecular weight is 433 g/mol. The number of alkyl carbamates (subject to hydrolysis) is 2. The Hall–Kier alpha value is -0.760. The van der Waals surface area contributed by atoms with Gasteiger partial charge >= 0.3 is 12.2 Å². The van der Waals surface area contributed by atoms with Crippen LogP contribution in [0.5, 0.6) is 0 Å². The average Bonchev–Trinajstić information content (AvgIpc) is 2.71. The Kier molecular flexibility index (Phi) is 12.7. The fourth-order valence-corrected chi connectivity index (χ4v) is 5.37. The highest BCUT2D eigenvalue weighted by Gasteiger charge is 2.17. The van der Waals surface area contributed by atoms with Gasteiger partial charge in [-0.2, -0.15) is 23.5 Å². The molecule has 2 aliphatic carbocycles. The van der Waals surface area contributed by atoms with Crippen molar-refractivity contribution in [3.63, 3.8) is 0 Å². The minimum Gasteiger partial charge on any atom is -0.449 e. The van der Waals surface area contributed by atoms with E-state index in [2.05, 4.69) is 10.6 Å². The molecule has 2 fully saturated rings. The molecule has 2 aliphatic rings. The molecule has 0 atom stereocenters. The molecule has 0 saturated heterocycles. The van der Waals surface area contributed by atoms with Crippen LogP contribution in [0.1, 0.15) is 64.2 Å². The van der Waals surface area contributed by atoms with Gasteiger partial charge in [0.15, 0.2) is 0 Å². The molecule has 2 saturated carbocycles. The first-order valence-corrected chi connectivity index (χ1v) is 13.1. The summed E-state index contributed by atoms with van der Waals surface area (Å²) in [5.41, 5.74) is 0. The van der Waals surface area contributed by atoms with Crippen LogP contribution in [0.4, 0.5) is 9.59 Å². The molecule has 0 bridgehead atoms. The van der Waals surface area contributed by atoms with Gasteiger partial charge in [-0.25, -0.2) is 9.59 Å². The summed E-state index contributed by atoms with van der Waals surface area (Å²) < 4.78 is 10.5. The first kappa shape index (κ1) is 23.5. The second kappa shape index (κ2) is 15.1. The summed E-state index contributed by atoms with van der Waals surface area (Å²) in [6, 6.07) is 0.606. The van der Waals surface area contributed by atoms with Gasteiger partial charge in [0.1, 0.15) is 13.2 Å². The molecule has 0 aromatic carbocycles. The Bertz CT molecular complexity index is 402. The van der Waals surface area contributed by atoms with Crippen molar-refractivity contribution in [1.82, 2.24) is 10.6 Å². The van der Waals surface area contributed by atoms with Gasteiger partial charge in [0.2, 0.25) is 0 Å². The quantitative estimate of drug-likeness (QED) is 0.466. The number of thioether (sulfide) groups is 2. The number of amides is 2. The van der Waals surface area contributed by atoms with Gasteiger partial charge in [-0.1, -0.05) is 38.5 Å². The summed E-state index contributed by atoms with van der Waals surface area (Å²) in [6.45, 7) is 0.913. The van der Waals surface area contributed by atoms with Crippen LogP contribution in [-0.4, -0.2) is 60.5 Å². The van der Waals surface area contributed by atoms with Crippen molar-refractivity contribution >= 4 is 35.7 Å². The first-order chi connectivity index (χ1) is 13.7. The van der Waals surface area contributed by atoms with Crippen molar-refractivity contribution in [3.8, 4) is 0 Å². The number of carbonyl (C=O) groups excluding carboxylic acids is 2.